The number of fused-ring (bicyclic) bond motifs is 1. The number of halogens is 1. The number of para-hydroxylation sites is 1. The molecule has 2 aliphatic heterocycles. The number of carbonyl (C=O) groups excluding carboxylic acids is 3. The van der Waals surface area contributed by atoms with Crippen LogP contribution in [-0.2, 0) is 9.59 Å². The van der Waals surface area contributed by atoms with Gasteiger partial charge >= 0.3 is 6.03 Å². The molecule has 0 aromatic heterocycles. The molecule has 2 aliphatic rings. The molecule has 29 heavy (non-hydrogen) atoms. The number of nitrogens with zero attached hydrogens (tertiary/aromatic N) is 1. The van der Waals surface area contributed by atoms with Crippen molar-refractivity contribution >= 4 is 29.6 Å². The highest BCUT2D eigenvalue weighted by Crippen LogP contribution is 2.31. The molecule has 0 bridgehead atoms. The number of benzene rings is 2. The van der Waals surface area contributed by atoms with E-state index in [2.05, 4.69) is 10.6 Å². The first-order valence-corrected chi connectivity index (χ1v) is 8.80. The first-order chi connectivity index (χ1) is 14.0. The highest BCUT2D eigenvalue weighted by Gasteiger charge is 2.35. The highest BCUT2D eigenvalue weighted by atomic mass is 19.1. The number of hydrogen-bond donors (Lipinski definition) is 2. The Morgan fingerprint density at radius 1 is 1.14 bits per heavy atom. The van der Waals surface area contributed by atoms with Gasteiger partial charge < -0.3 is 20.1 Å². The molecular formula is C20H16FN3O5. The van der Waals surface area contributed by atoms with E-state index in [1.54, 1.807) is 24.3 Å². The summed E-state index contributed by atoms with van der Waals surface area (Å²) >= 11 is 0. The van der Waals surface area contributed by atoms with Gasteiger partial charge in [0.2, 0.25) is 5.91 Å². The lowest BCUT2D eigenvalue weighted by Crippen LogP contribution is -2.38. The Balaban J connectivity index is 1.46. The zero-order valence-electron chi connectivity index (χ0n) is 15.1. The van der Waals surface area contributed by atoms with Crippen molar-refractivity contribution in [1.82, 2.24) is 10.2 Å². The number of imide groups is 1. The van der Waals surface area contributed by atoms with Crippen molar-refractivity contribution in [3.05, 3.63) is 59.5 Å². The molecule has 0 aliphatic carbocycles. The lowest BCUT2D eigenvalue weighted by Gasteiger charge is -2.18. The molecule has 8 nitrogen and oxygen atoms in total. The van der Waals surface area contributed by atoms with E-state index in [0.29, 0.717) is 30.3 Å². The number of urea groups is 1. The Hall–Kier alpha value is -3.88. The van der Waals surface area contributed by atoms with Crippen LogP contribution in [0, 0.1) is 5.82 Å². The Morgan fingerprint density at radius 2 is 1.90 bits per heavy atom. The second-order valence-electron chi connectivity index (χ2n) is 6.31. The average Bonchev–Trinajstić information content (AvgIpc) is 2.97. The van der Waals surface area contributed by atoms with Gasteiger partial charge in [-0.15, -0.1) is 0 Å². The minimum Gasteiger partial charge on any atom is -0.486 e. The van der Waals surface area contributed by atoms with E-state index in [-0.39, 0.29) is 11.4 Å². The fourth-order valence-corrected chi connectivity index (χ4v) is 2.93. The molecule has 0 spiro atoms. The molecule has 148 valence electrons. The third-order valence-corrected chi connectivity index (χ3v) is 4.29. The van der Waals surface area contributed by atoms with E-state index >= 15 is 0 Å². The Labute approximate surface area is 164 Å². The van der Waals surface area contributed by atoms with Crippen molar-refractivity contribution in [2.75, 3.05) is 25.1 Å². The maximum atomic E-state index is 13.6. The highest BCUT2D eigenvalue weighted by molar-refractivity contribution is 6.15. The molecule has 0 radical (unpaired) electrons. The van der Waals surface area contributed by atoms with Gasteiger partial charge in [-0.3, -0.25) is 9.59 Å². The van der Waals surface area contributed by atoms with Gasteiger partial charge in [-0.25, -0.2) is 14.1 Å². The number of hydrogen-bond acceptors (Lipinski definition) is 5. The Bertz CT molecular complexity index is 1040. The summed E-state index contributed by atoms with van der Waals surface area (Å²) in [6, 6.07) is 9.99. The summed E-state index contributed by atoms with van der Waals surface area (Å²) in [7, 11) is 0. The van der Waals surface area contributed by atoms with Crippen LogP contribution in [0.3, 0.4) is 0 Å². The van der Waals surface area contributed by atoms with Gasteiger partial charge in [0.1, 0.15) is 31.3 Å². The van der Waals surface area contributed by atoms with Crippen LogP contribution in [-0.4, -0.2) is 42.5 Å². The lowest BCUT2D eigenvalue weighted by molar-refractivity contribution is -0.127. The summed E-state index contributed by atoms with van der Waals surface area (Å²) in [5, 5.41) is 4.77. The molecule has 1 fully saturated rings. The molecule has 2 heterocycles. The van der Waals surface area contributed by atoms with Crippen LogP contribution in [0.5, 0.6) is 11.5 Å². The molecule has 4 amide bonds. The number of ether oxygens (including phenoxy) is 2. The summed E-state index contributed by atoms with van der Waals surface area (Å²) in [6.07, 6.45) is 1.48. The van der Waals surface area contributed by atoms with Gasteiger partial charge in [-0.1, -0.05) is 18.2 Å². The van der Waals surface area contributed by atoms with Crippen LogP contribution >= 0.6 is 0 Å². The van der Waals surface area contributed by atoms with E-state index in [1.807, 2.05) is 0 Å². The number of carbonyl (C=O) groups is 3. The zero-order valence-corrected chi connectivity index (χ0v) is 15.1. The molecule has 2 aromatic rings. The van der Waals surface area contributed by atoms with Crippen LogP contribution in [0.15, 0.2) is 48.2 Å². The van der Waals surface area contributed by atoms with E-state index in [4.69, 9.17) is 9.47 Å². The first-order valence-electron chi connectivity index (χ1n) is 8.80. The van der Waals surface area contributed by atoms with Crippen molar-refractivity contribution in [2.45, 2.75) is 0 Å². The Kier molecular flexibility index (Phi) is 4.86. The number of nitrogens with one attached hydrogen (secondary N) is 2. The van der Waals surface area contributed by atoms with Gasteiger partial charge in [0.15, 0.2) is 11.5 Å². The number of anilines is 1. The molecule has 1 saturated heterocycles. The summed E-state index contributed by atoms with van der Waals surface area (Å²) in [5.41, 5.74) is 0.609. The normalized spacial score (nSPS) is 16.7. The van der Waals surface area contributed by atoms with Gasteiger partial charge in [0.25, 0.3) is 5.91 Å². The number of amides is 4. The first kappa shape index (κ1) is 18.5. The standard InChI is InChI=1S/C20H16FN3O5/c21-13-3-1-2-4-14(13)22-18(25)11-24-19(26)15(23-20(24)27)9-12-5-6-16-17(10-12)29-8-7-28-16/h1-6,9-10H,7-8,11H2,(H,22,25)(H,23,27)/b15-9+. The molecule has 0 unspecified atom stereocenters. The van der Waals surface area contributed by atoms with E-state index in [1.165, 1.54) is 24.3 Å². The fourth-order valence-electron chi connectivity index (χ4n) is 2.93. The van der Waals surface area contributed by atoms with Crippen molar-refractivity contribution in [3.8, 4) is 11.5 Å². The SMILES string of the molecule is O=C(CN1C(=O)N/C(=C/c2ccc3c(c2)OCCO3)C1=O)Nc1ccccc1F. The lowest BCUT2D eigenvalue weighted by atomic mass is 10.1. The topological polar surface area (TPSA) is 97.0 Å². The van der Waals surface area contributed by atoms with E-state index in [0.717, 1.165) is 4.90 Å². The maximum absolute atomic E-state index is 13.6. The Morgan fingerprint density at radius 3 is 2.69 bits per heavy atom. The smallest absolute Gasteiger partial charge is 0.329 e. The van der Waals surface area contributed by atoms with Crippen molar-refractivity contribution in [2.24, 2.45) is 0 Å². The summed E-state index contributed by atoms with van der Waals surface area (Å²) in [4.78, 5) is 37.5. The molecular weight excluding hydrogens is 381 g/mol. The second kappa shape index (κ2) is 7.63. The van der Waals surface area contributed by atoms with E-state index in [9.17, 15) is 18.8 Å². The monoisotopic (exact) mass is 397 g/mol. The summed E-state index contributed by atoms with van der Waals surface area (Å²) in [5.74, 6) is -0.819. The van der Waals surface area contributed by atoms with Gasteiger partial charge in [-0.2, -0.15) is 0 Å². The van der Waals surface area contributed by atoms with Crippen LogP contribution in [0.2, 0.25) is 0 Å². The van der Waals surface area contributed by atoms with Crippen LogP contribution < -0.4 is 20.1 Å². The third-order valence-electron chi connectivity index (χ3n) is 4.29. The van der Waals surface area contributed by atoms with E-state index < -0.39 is 30.2 Å². The van der Waals surface area contributed by atoms with Crippen LogP contribution in [0.4, 0.5) is 14.9 Å². The number of rotatable bonds is 4. The largest absolute Gasteiger partial charge is 0.486 e. The van der Waals surface area contributed by atoms with Crippen molar-refractivity contribution < 1.29 is 28.2 Å². The van der Waals surface area contributed by atoms with Crippen LogP contribution in [0.25, 0.3) is 6.08 Å². The second-order valence-corrected chi connectivity index (χ2v) is 6.31. The average molecular weight is 397 g/mol. The van der Waals surface area contributed by atoms with Crippen LogP contribution in [0.1, 0.15) is 5.56 Å². The quantitative estimate of drug-likeness (QED) is 0.609. The molecule has 0 atom stereocenters. The summed E-state index contributed by atoms with van der Waals surface area (Å²) in [6.45, 7) is 0.344. The zero-order chi connectivity index (χ0) is 20.4. The fraction of sp³-hybridized carbons (Fsp3) is 0.150. The van der Waals surface area contributed by atoms with Gasteiger partial charge in [-0.05, 0) is 35.9 Å². The minimum atomic E-state index is -0.734. The predicted molar refractivity (Wildman–Crippen MR) is 101 cm³/mol. The van der Waals surface area contributed by atoms with Crippen molar-refractivity contribution in [1.29, 1.82) is 0 Å². The van der Waals surface area contributed by atoms with Crippen molar-refractivity contribution in [3.63, 3.8) is 0 Å². The minimum absolute atomic E-state index is 0.0189. The molecule has 4 rings (SSSR count). The van der Waals surface area contributed by atoms with Gasteiger partial charge in [0, 0.05) is 0 Å². The molecule has 0 saturated carbocycles. The summed E-state index contributed by atoms with van der Waals surface area (Å²) < 4.78 is 24.6. The molecule has 2 N–H and O–H groups in total. The van der Waals surface area contributed by atoms with Gasteiger partial charge in [0.05, 0.1) is 5.69 Å². The maximum Gasteiger partial charge on any atom is 0.329 e. The molecule has 2 aromatic carbocycles. The predicted octanol–water partition coefficient (Wildman–Crippen LogP) is 2.13. The molecule has 9 heteroatoms. The third kappa shape index (κ3) is 3.88.